The van der Waals surface area contributed by atoms with Gasteiger partial charge in [0.25, 0.3) is 0 Å². The van der Waals surface area contributed by atoms with Gasteiger partial charge in [0.15, 0.2) is 18.9 Å². The second kappa shape index (κ2) is 29.6. The van der Waals surface area contributed by atoms with E-state index in [1.54, 1.807) is 54.5 Å². The normalized spacial score (nSPS) is 46.2. The van der Waals surface area contributed by atoms with E-state index in [0.717, 1.165) is 11.1 Å². The lowest BCUT2D eigenvalue weighted by Crippen LogP contribution is -2.65. The van der Waals surface area contributed by atoms with Crippen molar-refractivity contribution in [2.75, 3.05) is 35.0 Å². The molecular formula is C58H96O20. The van der Waals surface area contributed by atoms with Crippen LogP contribution in [0.25, 0.3) is 0 Å². The van der Waals surface area contributed by atoms with Crippen molar-refractivity contribution in [3.63, 3.8) is 0 Å². The average Bonchev–Trinajstić information content (AvgIpc) is 3.41. The molecule has 5 rings (SSSR count). The molecule has 20 heteroatoms. The number of allylic oxidation sites excluding steroid dienone is 7. The van der Waals surface area contributed by atoms with Gasteiger partial charge in [-0.15, -0.1) is 0 Å². The molecule has 4 fully saturated rings. The van der Waals surface area contributed by atoms with Crippen molar-refractivity contribution in [3.05, 3.63) is 58.7 Å². The first-order valence-electron chi connectivity index (χ1n) is 27.8. The number of ether oxygens (including phenoxy) is 12. The maximum Gasteiger partial charge on any atom is 0.334 e. The van der Waals surface area contributed by atoms with E-state index < -0.39 is 146 Å². The first kappa shape index (κ1) is 66.3. The Morgan fingerprint density at radius 1 is 0.769 bits per heavy atom. The van der Waals surface area contributed by atoms with E-state index >= 15 is 0 Å². The number of hydrogen-bond donors (Lipinski definition) is 7. The van der Waals surface area contributed by atoms with Gasteiger partial charge in [-0.2, -0.15) is 0 Å². The molecular weight excluding hydrogens is 1020 g/mol. The zero-order valence-electron chi connectivity index (χ0n) is 48.8. The maximum atomic E-state index is 14.1. The van der Waals surface area contributed by atoms with Gasteiger partial charge in [0.2, 0.25) is 5.79 Å². The van der Waals surface area contributed by atoms with Crippen LogP contribution < -0.4 is 0 Å². The van der Waals surface area contributed by atoms with Gasteiger partial charge < -0.3 is 92.6 Å². The number of aliphatic hydroxyl groups is 7. The number of cyclic esters (lactones) is 1. The van der Waals surface area contributed by atoms with Crippen LogP contribution in [0.3, 0.4) is 0 Å². The Labute approximate surface area is 462 Å². The molecule has 0 radical (unpaired) electrons. The molecule has 0 unspecified atom stereocenters. The van der Waals surface area contributed by atoms with Gasteiger partial charge in [0.1, 0.15) is 42.7 Å². The summed E-state index contributed by atoms with van der Waals surface area (Å²) in [5.74, 6) is -5.11. The minimum absolute atomic E-state index is 0.00843. The number of hydrogen-bond acceptors (Lipinski definition) is 20. The predicted molar refractivity (Wildman–Crippen MR) is 286 cm³/mol. The van der Waals surface area contributed by atoms with E-state index in [2.05, 4.69) is 6.08 Å². The summed E-state index contributed by atoms with van der Waals surface area (Å²) in [6, 6.07) is 0. The Balaban J connectivity index is 1.35. The number of methoxy groups -OCH3 is 4. The minimum Gasteiger partial charge on any atom is -0.456 e. The van der Waals surface area contributed by atoms with Crippen molar-refractivity contribution in [2.24, 2.45) is 17.8 Å². The molecule has 0 aromatic heterocycles. The largest absolute Gasteiger partial charge is 0.456 e. The fraction of sp³-hybridized carbons (Fsp3) is 0.810. The van der Waals surface area contributed by atoms with Gasteiger partial charge in [0.05, 0.1) is 67.1 Å². The van der Waals surface area contributed by atoms with E-state index in [-0.39, 0.29) is 43.8 Å². The first-order valence-corrected chi connectivity index (χ1v) is 27.8. The SMILES string of the molecule is COC[C@@H](C[C@H]1O[C@@](O)([C@H](O)[C@@H]2C[C@H](OC)CCC/C=C(C)/C=C/[C@@H](O[C@@H]3O[C@@H](C)[C@H](OC)[C@@H](O)[C@@H]3O)[C@H](C)/C=C(C)/C=C(C)/C=C(\C)C(=O)O2)[C@H](C)[C@@H](O)[C@H]1C)O[C@H]1C[C@](C)(O)[C@@H](O[C@H]2C[C@@H](OC)[C@H](O)[C@@H](C)O2)[C@H](C)O1. The third-order valence-corrected chi connectivity index (χ3v) is 16.3. The summed E-state index contributed by atoms with van der Waals surface area (Å²) in [6.45, 7) is 19.5. The highest BCUT2D eigenvalue weighted by atomic mass is 16.7. The van der Waals surface area contributed by atoms with Crippen LogP contribution in [0, 0.1) is 17.8 Å². The summed E-state index contributed by atoms with van der Waals surface area (Å²) < 4.78 is 72.4. The average molecular weight is 1110 g/mol. The zero-order chi connectivity index (χ0) is 58.0. The Bertz CT molecular complexity index is 2040. The van der Waals surface area contributed by atoms with Crippen LogP contribution in [0.1, 0.15) is 121 Å². The fourth-order valence-electron chi connectivity index (χ4n) is 11.6. The maximum absolute atomic E-state index is 14.1. The summed E-state index contributed by atoms with van der Waals surface area (Å²) in [6.07, 6.45) is -3.94. The molecule has 0 amide bonds. The molecule has 448 valence electrons. The Kier molecular flexibility index (Phi) is 25.2. The van der Waals surface area contributed by atoms with E-state index in [4.69, 9.17) is 56.8 Å². The fourth-order valence-corrected chi connectivity index (χ4v) is 11.6. The van der Waals surface area contributed by atoms with E-state index in [9.17, 15) is 40.5 Å². The monoisotopic (exact) mass is 1110 g/mol. The summed E-state index contributed by atoms with van der Waals surface area (Å²) in [7, 11) is 5.99. The second-order valence-electron chi connectivity index (χ2n) is 22.9. The molecule has 0 aliphatic carbocycles. The van der Waals surface area contributed by atoms with Crippen molar-refractivity contribution in [1.29, 1.82) is 0 Å². The highest BCUT2D eigenvalue weighted by Crippen LogP contribution is 2.43. The van der Waals surface area contributed by atoms with Gasteiger partial charge in [0, 0.05) is 77.4 Å². The van der Waals surface area contributed by atoms with Crippen molar-refractivity contribution >= 4 is 5.97 Å². The third-order valence-electron chi connectivity index (χ3n) is 16.3. The summed E-state index contributed by atoms with van der Waals surface area (Å²) in [5, 5.41) is 81.0. The van der Waals surface area contributed by atoms with Crippen LogP contribution >= 0.6 is 0 Å². The number of carbonyl (C=O) groups is 1. The molecule has 5 heterocycles. The molecule has 0 saturated carbocycles. The summed E-state index contributed by atoms with van der Waals surface area (Å²) in [4.78, 5) is 14.1. The van der Waals surface area contributed by atoms with E-state index in [1.165, 1.54) is 28.4 Å². The molecule has 5 aliphatic heterocycles. The molecule has 0 aromatic rings. The minimum atomic E-state index is -2.45. The third kappa shape index (κ3) is 17.0. The van der Waals surface area contributed by atoms with Crippen LogP contribution in [0.5, 0.6) is 0 Å². The molecule has 0 aromatic carbocycles. The Morgan fingerprint density at radius 3 is 2.10 bits per heavy atom. The number of rotatable bonds is 15. The van der Waals surface area contributed by atoms with Gasteiger partial charge in [-0.05, 0) is 80.7 Å². The molecule has 0 spiro atoms. The smallest absolute Gasteiger partial charge is 0.334 e. The topological polar surface area (TPSA) is 269 Å². The highest BCUT2D eigenvalue weighted by molar-refractivity contribution is 5.88. The Morgan fingerprint density at radius 2 is 1.46 bits per heavy atom. The predicted octanol–water partition coefficient (Wildman–Crippen LogP) is 4.62. The molecule has 20 nitrogen and oxygen atoms in total. The van der Waals surface area contributed by atoms with Gasteiger partial charge in [-0.1, -0.05) is 67.9 Å². The molecule has 0 bridgehead atoms. The van der Waals surface area contributed by atoms with Crippen LogP contribution in [-0.2, 0) is 61.6 Å². The van der Waals surface area contributed by atoms with Crippen molar-refractivity contribution < 1.29 is 97.4 Å². The standard InChI is InChI=1S/C58H96O20/c1-30-18-16-17-19-40(68-13)25-45(75-55(64)34(5)24-32(3)22-31(2)23-33(4)42(21-20-30)76-56-51(62)50(61)52(70-15)38(9)73-56)53(63)58(66)36(7)48(59)35(6)43(78-58)26-41(29-67-12)74-47-28-57(11,65)54(39(10)72-47)77-46-27-44(69-14)49(60)37(8)71-46/h18,20-24,33,35-54,56,59-63,65-66H,16-17,19,25-29H2,1-15H3/b21-20+,30-18+,31-23+,32-22+,34-24+/t33-,35+,36-,37-,38+,39+,40-,41-,42-,43-,44-,45+,46+,47+,48+,49-,50+,51+,52+,53-,54+,56+,57+,58-/m1/s1. The van der Waals surface area contributed by atoms with Crippen LogP contribution in [0.4, 0.5) is 0 Å². The number of carbonyl (C=O) groups excluding carboxylic acids is 1. The van der Waals surface area contributed by atoms with Crippen molar-refractivity contribution in [2.45, 2.75) is 249 Å². The van der Waals surface area contributed by atoms with Gasteiger partial charge in [-0.3, -0.25) is 0 Å². The van der Waals surface area contributed by atoms with E-state index in [0.29, 0.717) is 24.8 Å². The number of esters is 1. The lowest BCUT2D eigenvalue weighted by molar-refractivity contribution is -0.366. The van der Waals surface area contributed by atoms with Crippen molar-refractivity contribution in [1.82, 2.24) is 0 Å². The zero-order valence-corrected chi connectivity index (χ0v) is 48.8. The highest BCUT2D eigenvalue weighted by Gasteiger charge is 2.57. The summed E-state index contributed by atoms with van der Waals surface area (Å²) >= 11 is 0. The first-order chi connectivity index (χ1) is 36.7. The van der Waals surface area contributed by atoms with Gasteiger partial charge >= 0.3 is 5.97 Å². The Hall–Kier alpha value is -2.55. The van der Waals surface area contributed by atoms with Crippen molar-refractivity contribution in [3.8, 4) is 0 Å². The van der Waals surface area contributed by atoms with Crippen LogP contribution in [0.2, 0.25) is 0 Å². The summed E-state index contributed by atoms with van der Waals surface area (Å²) in [5.41, 5.74) is 1.25. The second-order valence-corrected chi connectivity index (χ2v) is 22.9. The molecule has 7 N–H and O–H groups in total. The van der Waals surface area contributed by atoms with Crippen LogP contribution in [0.15, 0.2) is 58.7 Å². The van der Waals surface area contributed by atoms with Gasteiger partial charge in [-0.25, -0.2) is 4.79 Å². The lowest BCUT2D eigenvalue weighted by Gasteiger charge is -2.51. The molecule has 4 saturated heterocycles. The van der Waals surface area contributed by atoms with Crippen LogP contribution in [-0.4, -0.2) is 205 Å². The molecule has 5 aliphatic rings. The number of aliphatic hydroxyl groups excluding tert-OH is 5. The molecule has 24 atom stereocenters. The molecule has 78 heavy (non-hydrogen) atoms. The quantitative estimate of drug-likeness (QED) is 0.110. The lowest BCUT2D eigenvalue weighted by atomic mass is 9.76. The van der Waals surface area contributed by atoms with E-state index in [1.807, 2.05) is 52.0 Å².